The van der Waals surface area contributed by atoms with E-state index in [9.17, 15) is 4.79 Å². The molecule has 0 aliphatic rings. The number of nitrogens with zero attached hydrogens (tertiary/aromatic N) is 2. The van der Waals surface area contributed by atoms with Gasteiger partial charge in [-0.25, -0.2) is 4.79 Å². The van der Waals surface area contributed by atoms with Crippen LogP contribution in [-0.2, 0) is 6.42 Å². The van der Waals surface area contributed by atoms with Crippen molar-refractivity contribution >= 4 is 46.3 Å². The maximum Gasteiger partial charge on any atom is 0.324 e. The molecule has 5 nitrogen and oxygen atoms in total. The molecule has 0 spiro atoms. The smallest absolute Gasteiger partial charge is 0.308 e. The summed E-state index contributed by atoms with van der Waals surface area (Å²) in [7, 11) is 0. The van der Waals surface area contributed by atoms with Gasteiger partial charge in [0, 0.05) is 11.9 Å². The third kappa shape index (κ3) is 4.25. The Labute approximate surface area is 183 Å². The Bertz CT molecular complexity index is 1290. The average molecular weight is 435 g/mol. The summed E-state index contributed by atoms with van der Waals surface area (Å²) in [5.41, 5.74) is 4.15. The van der Waals surface area contributed by atoms with Crippen LogP contribution in [0.2, 0.25) is 10.0 Å². The van der Waals surface area contributed by atoms with Gasteiger partial charge in [-0.2, -0.15) is 5.26 Å². The van der Waals surface area contributed by atoms with Crippen molar-refractivity contribution in [2.45, 2.75) is 6.42 Å². The molecule has 0 saturated heterocycles. The van der Waals surface area contributed by atoms with E-state index < -0.39 is 6.03 Å². The van der Waals surface area contributed by atoms with Crippen molar-refractivity contribution in [2.75, 3.05) is 10.6 Å². The first-order chi connectivity index (χ1) is 14.5. The summed E-state index contributed by atoms with van der Waals surface area (Å²) >= 11 is 12.1. The second kappa shape index (κ2) is 8.50. The third-order valence-electron chi connectivity index (χ3n) is 4.65. The van der Waals surface area contributed by atoms with Gasteiger partial charge >= 0.3 is 6.03 Å². The number of aromatic nitrogens is 1. The molecule has 30 heavy (non-hydrogen) atoms. The van der Waals surface area contributed by atoms with Gasteiger partial charge < -0.3 is 9.72 Å². The topological polar surface area (TPSA) is 69.3 Å². The molecular formula is C23H16Cl2N4O. The summed E-state index contributed by atoms with van der Waals surface area (Å²) in [6, 6.07) is 21.7. The van der Waals surface area contributed by atoms with Crippen LogP contribution in [0.3, 0.4) is 0 Å². The van der Waals surface area contributed by atoms with E-state index in [1.165, 1.54) is 0 Å². The van der Waals surface area contributed by atoms with Crippen LogP contribution in [0.1, 0.15) is 16.7 Å². The van der Waals surface area contributed by atoms with Crippen molar-refractivity contribution in [3.8, 4) is 6.07 Å². The van der Waals surface area contributed by atoms with Crippen molar-refractivity contribution in [1.82, 2.24) is 4.40 Å². The van der Waals surface area contributed by atoms with E-state index >= 15 is 0 Å². The first-order valence-corrected chi connectivity index (χ1v) is 9.90. The summed E-state index contributed by atoms with van der Waals surface area (Å²) < 4.78 is 1.91. The Kier molecular flexibility index (Phi) is 5.62. The first-order valence-electron chi connectivity index (χ1n) is 9.14. The number of nitriles is 1. The normalized spacial score (nSPS) is 10.6. The predicted octanol–water partition coefficient (Wildman–Crippen LogP) is 6.35. The molecule has 7 heteroatoms. The van der Waals surface area contributed by atoms with E-state index in [1.807, 2.05) is 47.0 Å². The summed E-state index contributed by atoms with van der Waals surface area (Å²) in [6.45, 7) is 0. The monoisotopic (exact) mass is 434 g/mol. The highest BCUT2D eigenvalue weighted by Gasteiger charge is 2.10. The predicted molar refractivity (Wildman–Crippen MR) is 120 cm³/mol. The zero-order valence-electron chi connectivity index (χ0n) is 15.7. The number of urea groups is 1. The molecule has 4 aromatic rings. The zero-order chi connectivity index (χ0) is 21.1. The second-order valence-corrected chi connectivity index (χ2v) is 7.52. The lowest BCUT2D eigenvalue weighted by Crippen LogP contribution is -2.20. The molecule has 0 atom stereocenters. The third-order valence-corrected chi connectivity index (χ3v) is 5.39. The number of nitrogens with one attached hydrogen (secondary N) is 2. The van der Waals surface area contributed by atoms with Crippen molar-refractivity contribution in [3.63, 3.8) is 0 Å². The van der Waals surface area contributed by atoms with Gasteiger partial charge in [-0.15, -0.1) is 0 Å². The van der Waals surface area contributed by atoms with Crippen LogP contribution in [0.4, 0.5) is 16.3 Å². The maximum atomic E-state index is 12.4. The van der Waals surface area contributed by atoms with Crippen LogP contribution in [0.25, 0.3) is 5.52 Å². The summed E-state index contributed by atoms with van der Waals surface area (Å²) in [4.78, 5) is 12.4. The molecule has 0 aliphatic carbocycles. The Hall–Kier alpha value is -3.46. The number of fused-ring (bicyclic) bond motifs is 1. The molecule has 0 unspecified atom stereocenters. The number of carbonyl (C=O) groups excluding carboxylic acids is 1. The quantitative estimate of drug-likeness (QED) is 0.392. The lowest BCUT2D eigenvalue weighted by Gasteiger charge is -2.11. The minimum atomic E-state index is -0.391. The van der Waals surface area contributed by atoms with E-state index in [-0.39, 0.29) is 0 Å². The molecule has 2 aromatic carbocycles. The standard InChI is InChI=1S/C23H16Cl2N4O/c24-19-8-7-15(13-20(19)25)11-17-9-10-29-21(17)5-2-6-22(29)28-23(30)27-18-4-1-3-16(12-18)14-26/h1-10,12-13H,11H2,(H2,27,28,30). The van der Waals surface area contributed by atoms with E-state index in [4.69, 9.17) is 28.5 Å². The van der Waals surface area contributed by atoms with E-state index in [0.29, 0.717) is 33.5 Å². The van der Waals surface area contributed by atoms with Gasteiger partial charge in [0.1, 0.15) is 5.82 Å². The highest BCUT2D eigenvalue weighted by atomic mass is 35.5. The van der Waals surface area contributed by atoms with Gasteiger partial charge in [0.05, 0.1) is 27.2 Å². The van der Waals surface area contributed by atoms with Crippen LogP contribution >= 0.6 is 23.2 Å². The van der Waals surface area contributed by atoms with E-state index in [0.717, 1.165) is 16.6 Å². The molecular weight excluding hydrogens is 419 g/mol. The van der Waals surface area contributed by atoms with E-state index in [2.05, 4.69) is 16.7 Å². The zero-order valence-corrected chi connectivity index (χ0v) is 17.2. The largest absolute Gasteiger partial charge is 0.324 e. The number of rotatable bonds is 4. The second-order valence-electron chi connectivity index (χ2n) is 6.70. The molecule has 4 rings (SSSR count). The number of carbonyl (C=O) groups is 1. The lowest BCUT2D eigenvalue weighted by molar-refractivity contribution is 0.262. The van der Waals surface area contributed by atoms with Gasteiger partial charge in [0.2, 0.25) is 0 Å². The minimum Gasteiger partial charge on any atom is -0.308 e. The van der Waals surface area contributed by atoms with Crippen molar-refractivity contribution < 1.29 is 4.79 Å². The van der Waals surface area contributed by atoms with Gasteiger partial charge in [-0.05, 0) is 66.1 Å². The molecule has 0 saturated carbocycles. The molecule has 2 N–H and O–H groups in total. The Balaban J connectivity index is 1.54. The fourth-order valence-electron chi connectivity index (χ4n) is 3.26. The first kappa shape index (κ1) is 19.8. The Morgan fingerprint density at radius 1 is 0.967 bits per heavy atom. The van der Waals surface area contributed by atoms with E-state index in [1.54, 1.807) is 30.3 Å². The fourth-order valence-corrected chi connectivity index (χ4v) is 3.58. The molecule has 2 amide bonds. The van der Waals surface area contributed by atoms with Crippen LogP contribution in [0, 0.1) is 11.3 Å². The number of hydrogen-bond donors (Lipinski definition) is 2. The Morgan fingerprint density at radius 3 is 2.60 bits per heavy atom. The van der Waals surface area contributed by atoms with Crippen LogP contribution in [0.15, 0.2) is 72.9 Å². The van der Waals surface area contributed by atoms with Crippen molar-refractivity contribution in [2.24, 2.45) is 0 Å². The number of halogens is 2. The number of anilines is 2. The van der Waals surface area contributed by atoms with Gasteiger partial charge in [0.25, 0.3) is 0 Å². The highest BCUT2D eigenvalue weighted by molar-refractivity contribution is 6.42. The Morgan fingerprint density at radius 2 is 1.80 bits per heavy atom. The number of pyridine rings is 1. The highest BCUT2D eigenvalue weighted by Crippen LogP contribution is 2.26. The molecule has 0 bridgehead atoms. The molecule has 0 radical (unpaired) electrons. The van der Waals surface area contributed by atoms with Crippen molar-refractivity contribution in [1.29, 1.82) is 5.26 Å². The average Bonchev–Trinajstić information content (AvgIpc) is 3.15. The lowest BCUT2D eigenvalue weighted by atomic mass is 10.1. The number of amides is 2. The molecule has 148 valence electrons. The van der Waals surface area contributed by atoms with Crippen LogP contribution in [-0.4, -0.2) is 10.4 Å². The molecule has 2 aromatic heterocycles. The van der Waals surface area contributed by atoms with Crippen LogP contribution < -0.4 is 10.6 Å². The molecule has 2 heterocycles. The fraction of sp³-hybridized carbons (Fsp3) is 0.0435. The molecule has 0 aliphatic heterocycles. The van der Waals surface area contributed by atoms with Gasteiger partial charge in [-0.1, -0.05) is 41.4 Å². The van der Waals surface area contributed by atoms with Crippen molar-refractivity contribution in [3.05, 3.63) is 99.7 Å². The summed E-state index contributed by atoms with van der Waals surface area (Å²) in [6.07, 6.45) is 2.60. The minimum absolute atomic E-state index is 0.391. The van der Waals surface area contributed by atoms with Crippen LogP contribution in [0.5, 0.6) is 0 Å². The summed E-state index contributed by atoms with van der Waals surface area (Å²) in [5, 5.41) is 15.6. The molecule has 0 fully saturated rings. The number of benzene rings is 2. The maximum absolute atomic E-state index is 12.4. The van der Waals surface area contributed by atoms with Gasteiger partial charge in [0.15, 0.2) is 0 Å². The number of hydrogen-bond acceptors (Lipinski definition) is 2. The van der Waals surface area contributed by atoms with Gasteiger partial charge in [-0.3, -0.25) is 5.32 Å². The summed E-state index contributed by atoms with van der Waals surface area (Å²) in [5.74, 6) is 0.627. The SMILES string of the molecule is N#Cc1cccc(NC(=O)Nc2cccc3c(Cc4ccc(Cl)c(Cl)c4)ccn23)c1.